The summed E-state index contributed by atoms with van der Waals surface area (Å²) in [5.41, 5.74) is 1.25. The Balaban J connectivity index is 1.76. The van der Waals surface area contributed by atoms with Crippen LogP contribution in [-0.4, -0.2) is 20.8 Å². The first-order chi connectivity index (χ1) is 9.22. The fourth-order valence-electron chi connectivity index (χ4n) is 2.69. The van der Waals surface area contributed by atoms with E-state index >= 15 is 0 Å². The van der Waals surface area contributed by atoms with Gasteiger partial charge >= 0.3 is 0 Å². The van der Waals surface area contributed by atoms with Crippen LogP contribution < -0.4 is 5.32 Å². The van der Waals surface area contributed by atoms with E-state index in [0.717, 1.165) is 24.4 Å². The molecule has 1 N–H and O–H groups in total. The Morgan fingerprint density at radius 2 is 2.26 bits per heavy atom. The molecule has 1 aliphatic carbocycles. The van der Waals surface area contributed by atoms with Gasteiger partial charge in [0.05, 0.1) is 0 Å². The number of nitrogens with zero attached hydrogens (tertiary/aromatic N) is 3. The first-order valence-corrected chi connectivity index (χ1v) is 6.63. The summed E-state index contributed by atoms with van der Waals surface area (Å²) in [4.78, 5) is 3.82. The average molecular weight is 260 g/mol. The highest BCUT2D eigenvalue weighted by Gasteiger charge is 2.21. The van der Waals surface area contributed by atoms with E-state index in [1.165, 1.54) is 29.8 Å². The Hall–Kier alpha value is -1.91. The number of rotatable bonds is 3. The number of benzene rings is 1. The van der Waals surface area contributed by atoms with Crippen molar-refractivity contribution in [3.8, 4) is 5.69 Å². The third-order valence-electron chi connectivity index (χ3n) is 3.68. The Morgan fingerprint density at radius 3 is 2.89 bits per heavy atom. The van der Waals surface area contributed by atoms with E-state index in [4.69, 9.17) is 0 Å². The molecule has 0 radical (unpaired) electrons. The molecular weight excluding hydrogens is 243 g/mol. The molecule has 1 aromatic heterocycles. The van der Waals surface area contributed by atoms with Gasteiger partial charge in [-0.2, -0.15) is 5.10 Å². The molecule has 2 aromatic rings. The van der Waals surface area contributed by atoms with Crippen molar-refractivity contribution >= 4 is 5.69 Å². The quantitative estimate of drug-likeness (QED) is 0.922. The van der Waals surface area contributed by atoms with Gasteiger partial charge < -0.3 is 5.32 Å². The lowest BCUT2D eigenvalue weighted by molar-refractivity contribution is 0.601. The van der Waals surface area contributed by atoms with Crippen LogP contribution in [0.4, 0.5) is 10.1 Å². The smallest absolute Gasteiger partial charge is 0.150 e. The van der Waals surface area contributed by atoms with Gasteiger partial charge in [-0.05, 0) is 43.4 Å². The summed E-state index contributed by atoms with van der Waals surface area (Å²) in [5, 5.41) is 7.33. The molecule has 0 amide bonds. The fraction of sp³-hybridized carbons (Fsp3) is 0.429. The lowest BCUT2D eigenvalue weighted by atomic mass is 10.1. The zero-order valence-corrected chi connectivity index (χ0v) is 10.9. The fourth-order valence-corrected chi connectivity index (χ4v) is 2.69. The van der Waals surface area contributed by atoms with Crippen LogP contribution in [0.15, 0.2) is 30.9 Å². The van der Waals surface area contributed by atoms with Crippen molar-refractivity contribution in [2.45, 2.75) is 32.2 Å². The Bertz CT molecular complexity index is 553. The zero-order chi connectivity index (χ0) is 13.2. The maximum Gasteiger partial charge on any atom is 0.150 e. The molecule has 0 spiro atoms. The Kier molecular flexibility index (Phi) is 3.19. The molecule has 1 fully saturated rings. The van der Waals surface area contributed by atoms with Crippen LogP contribution in [-0.2, 0) is 0 Å². The zero-order valence-electron chi connectivity index (χ0n) is 10.9. The third kappa shape index (κ3) is 2.59. The highest BCUT2D eigenvalue weighted by molar-refractivity contribution is 5.50. The second-order valence-electron chi connectivity index (χ2n) is 5.27. The van der Waals surface area contributed by atoms with Crippen LogP contribution in [0.1, 0.15) is 26.2 Å². The van der Waals surface area contributed by atoms with E-state index in [2.05, 4.69) is 22.3 Å². The Labute approximate surface area is 111 Å². The predicted octanol–water partition coefficient (Wildman–Crippen LogP) is 3.01. The van der Waals surface area contributed by atoms with Gasteiger partial charge in [0.15, 0.2) is 5.82 Å². The largest absolute Gasteiger partial charge is 0.382 e. The van der Waals surface area contributed by atoms with Crippen molar-refractivity contribution in [2.75, 3.05) is 5.32 Å². The number of halogens is 1. The van der Waals surface area contributed by atoms with E-state index in [1.54, 1.807) is 6.07 Å². The van der Waals surface area contributed by atoms with Gasteiger partial charge in [-0.3, -0.25) is 0 Å². The lowest BCUT2D eigenvalue weighted by Gasteiger charge is -2.14. The molecule has 19 heavy (non-hydrogen) atoms. The molecule has 0 aliphatic heterocycles. The molecule has 0 saturated heterocycles. The minimum atomic E-state index is -0.290. The number of hydrogen-bond donors (Lipinski definition) is 1. The van der Waals surface area contributed by atoms with Gasteiger partial charge in [0.25, 0.3) is 0 Å². The minimum absolute atomic E-state index is 0.290. The van der Waals surface area contributed by atoms with E-state index in [1.807, 2.05) is 6.07 Å². The number of nitrogens with one attached hydrogen (secondary N) is 1. The molecule has 1 aliphatic rings. The van der Waals surface area contributed by atoms with E-state index < -0.39 is 0 Å². The van der Waals surface area contributed by atoms with Gasteiger partial charge in [0.1, 0.15) is 18.3 Å². The van der Waals surface area contributed by atoms with Crippen molar-refractivity contribution < 1.29 is 4.39 Å². The van der Waals surface area contributed by atoms with Gasteiger partial charge in [-0.1, -0.05) is 6.92 Å². The topological polar surface area (TPSA) is 42.7 Å². The predicted molar refractivity (Wildman–Crippen MR) is 71.7 cm³/mol. The molecule has 3 rings (SSSR count). The summed E-state index contributed by atoms with van der Waals surface area (Å²) in [6.45, 7) is 2.26. The highest BCUT2D eigenvalue weighted by Crippen LogP contribution is 2.28. The number of hydrogen-bond acceptors (Lipinski definition) is 3. The molecule has 5 heteroatoms. The molecule has 2 unspecified atom stereocenters. The second kappa shape index (κ2) is 4.99. The second-order valence-corrected chi connectivity index (χ2v) is 5.27. The molecular formula is C14H17FN4. The van der Waals surface area contributed by atoms with Gasteiger partial charge in [-0.25, -0.2) is 14.1 Å². The van der Waals surface area contributed by atoms with Crippen LogP contribution in [0.3, 0.4) is 0 Å². The monoisotopic (exact) mass is 260 g/mol. The summed E-state index contributed by atoms with van der Waals surface area (Å²) in [6.07, 6.45) is 6.45. The highest BCUT2D eigenvalue weighted by atomic mass is 19.1. The van der Waals surface area contributed by atoms with Gasteiger partial charge in [0, 0.05) is 11.7 Å². The SMILES string of the molecule is CC1CCC(Nc2ccc(-n3cncn3)c(F)c2)C1. The van der Waals surface area contributed by atoms with Gasteiger partial charge in [0.2, 0.25) is 0 Å². The molecule has 100 valence electrons. The van der Waals surface area contributed by atoms with E-state index in [-0.39, 0.29) is 5.82 Å². The normalized spacial score (nSPS) is 22.6. The molecule has 1 saturated carbocycles. The first-order valence-electron chi connectivity index (χ1n) is 6.63. The lowest BCUT2D eigenvalue weighted by Crippen LogP contribution is -2.15. The van der Waals surface area contributed by atoms with E-state index in [0.29, 0.717) is 11.7 Å². The molecule has 2 atom stereocenters. The van der Waals surface area contributed by atoms with Crippen molar-refractivity contribution in [1.29, 1.82) is 0 Å². The van der Waals surface area contributed by atoms with Crippen LogP contribution in [0.25, 0.3) is 5.69 Å². The maximum atomic E-state index is 14.0. The van der Waals surface area contributed by atoms with E-state index in [9.17, 15) is 4.39 Å². The Morgan fingerprint density at radius 1 is 1.37 bits per heavy atom. The van der Waals surface area contributed by atoms with Crippen molar-refractivity contribution in [1.82, 2.24) is 14.8 Å². The van der Waals surface area contributed by atoms with Gasteiger partial charge in [-0.15, -0.1) is 0 Å². The van der Waals surface area contributed by atoms with Crippen LogP contribution in [0, 0.1) is 11.7 Å². The first kappa shape index (κ1) is 12.1. The summed E-state index contributed by atoms with van der Waals surface area (Å²) in [5.74, 6) is 0.471. The molecule has 4 nitrogen and oxygen atoms in total. The van der Waals surface area contributed by atoms with Crippen LogP contribution in [0.2, 0.25) is 0 Å². The molecule has 1 heterocycles. The number of anilines is 1. The van der Waals surface area contributed by atoms with Crippen LogP contribution >= 0.6 is 0 Å². The molecule has 1 aromatic carbocycles. The summed E-state index contributed by atoms with van der Waals surface area (Å²) in [6, 6.07) is 5.61. The van der Waals surface area contributed by atoms with Crippen molar-refractivity contribution in [2.24, 2.45) is 5.92 Å². The third-order valence-corrected chi connectivity index (χ3v) is 3.68. The molecule has 0 bridgehead atoms. The van der Waals surface area contributed by atoms with Crippen molar-refractivity contribution in [3.63, 3.8) is 0 Å². The summed E-state index contributed by atoms with van der Waals surface area (Å²) < 4.78 is 15.5. The standard InChI is InChI=1S/C14H17FN4/c1-10-2-3-11(6-10)18-12-4-5-14(13(15)7-12)19-9-16-8-17-19/h4-5,7-11,18H,2-3,6H2,1H3. The number of aromatic nitrogens is 3. The summed E-state index contributed by atoms with van der Waals surface area (Å²) in [7, 11) is 0. The van der Waals surface area contributed by atoms with Crippen LogP contribution in [0.5, 0.6) is 0 Å². The summed E-state index contributed by atoms with van der Waals surface area (Å²) >= 11 is 0. The minimum Gasteiger partial charge on any atom is -0.382 e. The maximum absolute atomic E-state index is 14.0. The van der Waals surface area contributed by atoms with Crippen molar-refractivity contribution in [3.05, 3.63) is 36.7 Å². The average Bonchev–Trinajstić information content (AvgIpc) is 3.01.